The van der Waals surface area contributed by atoms with E-state index in [1.807, 2.05) is 12.4 Å². The Morgan fingerprint density at radius 1 is 0.971 bits per heavy atom. The van der Waals surface area contributed by atoms with Crippen molar-refractivity contribution >= 4 is 43.8 Å². The molecule has 7 heteroatoms. The van der Waals surface area contributed by atoms with E-state index in [0.717, 1.165) is 68.2 Å². The molecule has 0 amide bonds. The molecule has 35 heavy (non-hydrogen) atoms. The molecule has 0 radical (unpaired) electrons. The summed E-state index contributed by atoms with van der Waals surface area (Å²) in [6, 6.07) is 21.6. The fourth-order valence-corrected chi connectivity index (χ4v) is 5.75. The van der Waals surface area contributed by atoms with Gasteiger partial charge >= 0.3 is 0 Å². The van der Waals surface area contributed by atoms with Gasteiger partial charge in [0.15, 0.2) is 0 Å². The Kier molecular flexibility index (Phi) is 6.47. The Morgan fingerprint density at radius 3 is 2.74 bits per heavy atom. The third-order valence-electron chi connectivity index (χ3n) is 6.63. The van der Waals surface area contributed by atoms with Crippen molar-refractivity contribution in [2.75, 3.05) is 44.6 Å². The van der Waals surface area contributed by atoms with Gasteiger partial charge in [0.25, 0.3) is 0 Å². The van der Waals surface area contributed by atoms with Crippen molar-refractivity contribution in [1.29, 1.82) is 0 Å². The smallest absolute Gasteiger partial charge is 0.0837 e. The number of nitrogens with zero attached hydrogens (tertiary/aromatic N) is 2. The maximum absolute atomic E-state index is 4.62. The SMILES string of the molecule is c1cc(Nc2ccc3[nH]ccc3c2)c2sc(-c3ccc(CNCCN4CCNCC4)cc3)cc2n1. The van der Waals surface area contributed by atoms with Crippen molar-refractivity contribution in [3.8, 4) is 10.4 Å². The number of fused-ring (bicyclic) bond motifs is 2. The number of pyridine rings is 1. The molecule has 1 saturated heterocycles. The second kappa shape index (κ2) is 10.2. The number of thiophene rings is 1. The van der Waals surface area contributed by atoms with Crippen LogP contribution in [0.5, 0.6) is 0 Å². The van der Waals surface area contributed by atoms with Gasteiger partial charge in [-0.2, -0.15) is 0 Å². The maximum Gasteiger partial charge on any atom is 0.0837 e. The summed E-state index contributed by atoms with van der Waals surface area (Å²) in [5, 5.41) is 11.8. The number of rotatable bonds is 8. The number of nitrogens with one attached hydrogen (secondary N) is 4. The van der Waals surface area contributed by atoms with Crippen LogP contribution >= 0.6 is 11.3 Å². The summed E-state index contributed by atoms with van der Waals surface area (Å²) in [7, 11) is 0. The molecule has 2 aromatic carbocycles. The van der Waals surface area contributed by atoms with Crippen LogP contribution in [0.1, 0.15) is 5.56 Å². The Morgan fingerprint density at radius 2 is 1.86 bits per heavy atom. The fraction of sp³-hybridized carbons (Fsp3) is 0.250. The quantitative estimate of drug-likeness (QED) is 0.229. The first-order chi connectivity index (χ1) is 17.3. The average molecular weight is 483 g/mol. The molecule has 3 aromatic heterocycles. The van der Waals surface area contributed by atoms with E-state index in [2.05, 4.69) is 91.5 Å². The summed E-state index contributed by atoms with van der Waals surface area (Å²) < 4.78 is 1.18. The first-order valence-corrected chi connectivity index (χ1v) is 13.1. The Labute approximate surface area is 209 Å². The Bertz CT molecular complexity index is 1410. The molecule has 0 bridgehead atoms. The zero-order valence-corrected chi connectivity index (χ0v) is 20.5. The molecule has 1 aliphatic rings. The largest absolute Gasteiger partial charge is 0.361 e. The van der Waals surface area contributed by atoms with Crippen molar-refractivity contribution in [3.05, 3.63) is 78.6 Å². The van der Waals surface area contributed by atoms with E-state index >= 15 is 0 Å². The van der Waals surface area contributed by atoms with Crippen LogP contribution < -0.4 is 16.0 Å². The molecule has 0 unspecified atom stereocenters. The lowest BCUT2D eigenvalue weighted by Crippen LogP contribution is -2.45. The number of hydrogen-bond acceptors (Lipinski definition) is 6. The summed E-state index contributed by atoms with van der Waals surface area (Å²) in [6.45, 7) is 7.56. The molecular weight excluding hydrogens is 452 g/mol. The molecule has 178 valence electrons. The van der Waals surface area contributed by atoms with Crippen LogP contribution in [0.15, 0.2) is 73.1 Å². The number of aromatic amines is 1. The molecular formula is C28H30N6S. The summed E-state index contributed by atoms with van der Waals surface area (Å²) in [5.41, 5.74) is 6.89. The van der Waals surface area contributed by atoms with Crippen molar-refractivity contribution in [2.24, 2.45) is 0 Å². The summed E-state index contributed by atoms with van der Waals surface area (Å²) in [4.78, 5) is 11.6. The first-order valence-electron chi connectivity index (χ1n) is 12.3. The third kappa shape index (κ3) is 5.09. The molecule has 5 aromatic rings. The Hall–Kier alpha value is -3.23. The topological polar surface area (TPSA) is 68.0 Å². The van der Waals surface area contributed by atoms with Crippen molar-refractivity contribution in [2.45, 2.75) is 6.54 Å². The van der Waals surface area contributed by atoms with Gasteiger partial charge in [0, 0.05) is 79.7 Å². The number of piperazine rings is 1. The number of anilines is 2. The highest BCUT2D eigenvalue weighted by Gasteiger charge is 2.11. The monoisotopic (exact) mass is 482 g/mol. The second-order valence-corrected chi connectivity index (χ2v) is 10.1. The highest BCUT2D eigenvalue weighted by molar-refractivity contribution is 7.22. The molecule has 6 rings (SSSR count). The Balaban J connectivity index is 1.12. The lowest BCUT2D eigenvalue weighted by Gasteiger charge is -2.27. The molecule has 6 nitrogen and oxygen atoms in total. The van der Waals surface area contributed by atoms with Gasteiger partial charge in [-0.25, -0.2) is 0 Å². The van der Waals surface area contributed by atoms with E-state index in [9.17, 15) is 0 Å². The zero-order chi connectivity index (χ0) is 23.5. The van der Waals surface area contributed by atoms with Crippen molar-refractivity contribution < 1.29 is 0 Å². The average Bonchev–Trinajstić information content (AvgIpc) is 3.55. The molecule has 0 aliphatic carbocycles. The minimum Gasteiger partial charge on any atom is -0.361 e. The van der Waals surface area contributed by atoms with Crippen molar-refractivity contribution in [1.82, 2.24) is 25.5 Å². The maximum atomic E-state index is 4.62. The van der Waals surface area contributed by atoms with Gasteiger partial charge < -0.3 is 20.9 Å². The van der Waals surface area contributed by atoms with E-state index in [1.165, 1.54) is 26.1 Å². The minimum atomic E-state index is 0.903. The van der Waals surface area contributed by atoms with Gasteiger partial charge in [-0.05, 0) is 47.5 Å². The standard InChI is InChI=1S/C28H30N6S/c1-3-21(4-2-20(1)19-30-13-16-34-14-11-29-12-15-34)27-18-26-28(35-27)25(8-10-32-26)33-23-5-6-24-22(17-23)7-9-31-24/h1-10,17-18,29-31H,11-16,19H2,(H,32,33). The summed E-state index contributed by atoms with van der Waals surface area (Å²) >= 11 is 1.79. The van der Waals surface area contributed by atoms with Crippen molar-refractivity contribution in [3.63, 3.8) is 0 Å². The highest BCUT2D eigenvalue weighted by Crippen LogP contribution is 2.37. The highest BCUT2D eigenvalue weighted by atomic mass is 32.1. The minimum absolute atomic E-state index is 0.903. The van der Waals surface area contributed by atoms with Gasteiger partial charge in [0.05, 0.1) is 15.9 Å². The predicted molar refractivity (Wildman–Crippen MR) is 148 cm³/mol. The molecule has 4 heterocycles. The van der Waals surface area contributed by atoms with Crippen LogP contribution in [0, 0.1) is 0 Å². The van der Waals surface area contributed by atoms with Gasteiger partial charge in [0.1, 0.15) is 0 Å². The number of hydrogen-bond donors (Lipinski definition) is 4. The van der Waals surface area contributed by atoms with E-state index in [4.69, 9.17) is 0 Å². The van der Waals surface area contributed by atoms with E-state index in [-0.39, 0.29) is 0 Å². The normalized spacial score (nSPS) is 14.6. The van der Waals surface area contributed by atoms with E-state index < -0.39 is 0 Å². The summed E-state index contributed by atoms with van der Waals surface area (Å²) in [6.07, 6.45) is 3.85. The van der Waals surface area contributed by atoms with Gasteiger partial charge in [-0.1, -0.05) is 24.3 Å². The number of H-pyrrole nitrogens is 1. The zero-order valence-electron chi connectivity index (χ0n) is 19.7. The summed E-state index contributed by atoms with van der Waals surface area (Å²) in [5.74, 6) is 0. The number of aromatic nitrogens is 2. The fourth-order valence-electron chi connectivity index (χ4n) is 4.66. The van der Waals surface area contributed by atoms with E-state index in [0.29, 0.717) is 0 Å². The first kappa shape index (κ1) is 22.2. The molecule has 4 N–H and O–H groups in total. The van der Waals surface area contributed by atoms with E-state index in [1.54, 1.807) is 11.3 Å². The van der Waals surface area contributed by atoms with Crippen LogP contribution in [0.25, 0.3) is 31.6 Å². The van der Waals surface area contributed by atoms with Crippen LogP contribution in [-0.4, -0.2) is 54.1 Å². The molecule has 0 spiro atoms. The molecule has 0 atom stereocenters. The predicted octanol–water partition coefficient (Wildman–Crippen LogP) is 5.18. The second-order valence-electron chi connectivity index (χ2n) is 9.05. The molecule has 0 saturated carbocycles. The number of benzene rings is 2. The molecule has 1 aliphatic heterocycles. The van der Waals surface area contributed by atoms with Crippen LogP contribution in [0.2, 0.25) is 0 Å². The van der Waals surface area contributed by atoms with Gasteiger partial charge in [-0.3, -0.25) is 9.88 Å². The van der Waals surface area contributed by atoms with Gasteiger partial charge in [-0.15, -0.1) is 11.3 Å². The van der Waals surface area contributed by atoms with Crippen LogP contribution in [0.3, 0.4) is 0 Å². The van der Waals surface area contributed by atoms with Gasteiger partial charge in [0.2, 0.25) is 0 Å². The molecule has 1 fully saturated rings. The van der Waals surface area contributed by atoms with Crippen LogP contribution in [0.4, 0.5) is 11.4 Å². The lowest BCUT2D eigenvalue weighted by atomic mass is 10.1. The third-order valence-corrected chi connectivity index (χ3v) is 7.83. The van der Waals surface area contributed by atoms with Crippen LogP contribution in [-0.2, 0) is 6.54 Å². The lowest BCUT2D eigenvalue weighted by molar-refractivity contribution is 0.241.